The van der Waals surface area contributed by atoms with Crippen LogP contribution in [0.3, 0.4) is 0 Å². The third kappa shape index (κ3) is 6.15. The van der Waals surface area contributed by atoms with Gasteiger partial charge < -0.3 is 5.32 Å². The number of alkyl halides is 1. The highest BCUT2D eigenvalue weighted by Gasteiger charge is 2.16. The molecule has 1 rings (SSSR count). The van der Waals surface area contributed by atoms with Crippen LogP contribution < -0.4 is 5.32 Å². The average molecular weight is 366 g/mol. The van der Waals surface area contributed by atoms with Crippen molar-refractivity contribution in [3.8, 4) is 0 Å². The van der Waals surface area contributed by atoms with Gasteiger partial charge in [0.15, 0.2) is 0 Å². The van der Waals surface area contributed by atoms with Crippen molar-refractivity contribution in [2.75, 3.05) is 11.0 Å². The zero-order chi connectivity index (χ0) is 12.7. The molecule has 0 unspecified atom stereocenters. The van der Waals surface area contributed by atoms with Crippen molar-refractivity contribution in [1.82, 2.24) is 10.3 Å². The van der Waals surface area contributed by atoms with Gasteiger partial charge in [0.05, 0.1) is 5.69 Å². The Morgan fingerprint density at radius 1 is 1.29 bits per heavy atom. The molecule has 0 saturated carbocycles. The highest BCUT2D eigenvalue weighted by atomic mass is 127. The predicted octanol–water partition coefficient (Wildman–Crippen LogP) is 4.14. The first-order valence-corrected chi connectivity index (χ1v) is 8.66. The Bertz CT molecular complexity index is 317. The summed E-state index contributed by atoms with van der Waals surface area (Å²) in [6.07, 6.45) is 3.95. The number of unbranched alkanes of at least 4 members (excludes halogenated alkanes) is 2. The Labute approximate surface area is 123 Å². The Balaban J connectivity index is 2.21. The average Bonchev–Trinajstić information content (AvgIpc) is 2.71. The zero-order valence-electron chi connectivity index (χ0n) is 11.1. The summed E-state index contributed by atoms with van der Waals surface area (Å²) in [4.78, 5) is 4.67. The molecule has 17 heavy (non-hydrogen) atoms. The first kappa shape index (κ1) is 15.4. The fraction of sp³-hybridized carbons (Fsp3) is 0.769. The third-order valence-corrected chi connectivity index (χ3v) is 4.20. The second-order valence-corrected chi connectivity index (χ2v) is 7.32. The summed E-state index contributed by atoms with van der Waals surface area (Å²) in [6.45, 7) is 8.67. The van der Waals surface area contributed by atoms with E-state index in [0.29, 0.717) is 0 Å². The second-order valence-electron chi connectivity index (χ2n) is 5.30. The molecule has 0 atom stereocenters. The van der Waals surface area contributed by atoms with E-state index in [2.05, 4.69) is 59.0 Å². The van der Waals surface area contributed by atoms with Gasteiger partial charge in [0.2, 0.25) is 0 Å². The minimum absolute atomic E-state index is 0.176. The molecule has 0 amide bonds. The molecule has 0 bridgehead atoms. The molecule has 98 valence electrons. The third-order valence-electron chi connectivity index (χ3n) is 2.58. The summed E-state index contributed by atoms with van der Waals surface area (Å²) in [6, 6.07) is 0. The molecule has 0 spiro atoms. The molecule has 0 radical (unpaired) electrons. The molecule has 1 heterocycles. The largest absolute Gasteiger partial charge is 0.310 e. The van der Waals surface area contributed by atoms with E-state index >= 15 is 0 Å². The van der Waals surface area contributed by atoms with Crippen LogP contribution in [-0.2, 0) is 12.0 Å². The van der Waals surface area contributed by atoms with E-state index in [4.69, 9.17) is 0 Å². The Hall–Kier alpha value is 0.320. The highest BCUT2D eigenvalue weighted by Crippen LogP contribution is 2.23. The van der Waals surface area contributed by atoms with Gasteiger partial charge in [-0.2, -0.15) is 0 Å². The monoisotopic (exact) mass is 366 g/mol. The SMILES string of the molecule is CC(C)(C)c1csc(CNCCCCCI)n1. The number of halogens is 1. The fourth-order valence-electron chi connectivity index (χ4n) is 1.45. The van der Waals surface area contributed by atoms with Crippen LogP contribution in [0.5, 0.6) is 0 Å². The number of thiazole rings is 1. The van der Waals surface area contributed by atoms with Crippen molar-refractivity contribution >= 4 is 33.9 Å². The van der Waals surface area contributed by atoms with Crippen LogP contribution in [-0.4, -0.2) is 16.0 Å². The van der Waals surface area contributed by atoms with Gasteiger partial charge in [0, 0.05) is 17.3 Å². The molecule has 0 aliphatic carbocycles. The van der Waals surface area contributed by atoms with Crippen LogP contribution in [0.1, 0.15) is 50.7 Å². The topological polar surface area (TPSA) is 24.9 Å². The molecular formula is C13H23IN2S. The molecule has 0 fully saturated rings. The van der Waals surface area contributed by atoms with Crippen LogP contribution in [0.15, 0.2) is 5.38 Å². The van der Waals surface area contributed by atoms with Crippen LogP contribution in [0.4, 0.5) is 0 Å². The van der Waals surface area contributed by atoms with Crippen molar-refractivity contribution in [2.45, 2.75) is 52.0 Å². The number of hydrogen-bond acceptors (Lipinski definition) is 3. The lowest BCUT2D eigenvalue weighted by atomic mass is 9.93. The van der Waals surface area contributed by atoms with Gasteiger partial charge >= 0.3 is 0 Å². The normalized spacial score (nSPS) is 12.0. The van der Waals surface area contributed by atoms with Gasteiger partial charge in [-0.05, 0) is 23.8 Å². The summed E-state index contributed by atoms with van der Waals surface area (Å²) in [5.74, 6) is 0. The number of nitrogens with one attached hydrogen (secondary N) is 1. The molecule has 0 saturated heterocycles. The van der Waals surface area contributed by atoms with E-state index in [-0.39, 0.29) is 5.41 Å². The maximum atomic E-state index is 4.67. The van der Waals surface area contributed by atoms with Gasteiger partial charge in [-0.25, -0.2) is 4.98 Å². The standard InChI is InChI=1S/C13H23IN2S/c1-13(2,3)11-10-17-12(16-11)9-15-8-6-4-5-7-14/h10,15H,4-9H2,1-3H3. The summed E-state index contributed by atoms with van der Waals surface area (Å²) in [5.41, 5.74) is 1.39. The summed E-state index contributed by atoms with van der Waals surface area (Å²) in [7, 11) is 0. The quantitative estimate of drug-likeness (QED) is 0.446. The first-order valence-electron chi connectivity index (χ1n) is 6.25. The fourth-order valence-corrected chi connectivity index (χ4v) is 2.98. The lowest BCUT2D eigenvalue weighted by Gasteiger charge is -2.14. The molecule has 4 heteroatoms. The number of nitrogens with zero attached hydrogens (tertiary/aromatic N) is 1. The Morgan fingerprint density at radius 3 is 2.65 bits per heavy atom. The summed E-state index contributed by atoms with van der Waals surface area (Å²) >= 11 is 4.21. The van der Waals surface area contributed by atoms with Crippen molar-refractivity contribution in [2.24, 2.45) is 0 Å². The minimum Gasteiger partial charge on any atom is -0.310 e. The van der Waals surface area contributed by atoms with Crippen molar-refractivity contribution in [3.63, 3.8) is 0 Å². The minimum atomic E-state index is 0.176. The Morgan fingerprint density at radius 2 is 2.06 bits per heavy atom. The van der Waals surface area contributed by atoms with Crippen LogP contribution in [0.25, 0.3) is 0 Å². The number of rotatable bonds is 7. The Kier molecular flexibility index (Phi) is 6.95. The molecule has 0 aromatic carbocycles. The molecule has 1 aromatic rings. The van der Waals surface area contributed by atoms with E-state index in [1.165, 1.54) is 34.4 Å². The molecule has 1 aromatic heterocycles. The van der Waals surface area contributed by atoms with Gasteiger partial charge in [-0.3, -0.25) is 0 Å². The first-order chi connectivity index (χ1) is 8.04. The second kappa shape index (κ2) is 7.69. The number of aromatic nitrogens is 1. The van der Waals surface area contributed by atoms with E-state index in [0.717, 1.165) is 13.1 Å². The number of hydrogen-bond donors (Lipinski definition) is 1. The van der Waals surface area contributed by atoms with Gasteiger partial charge in [-0.1, -0.05) is 49.8 Å². The molecule has 2 nitrogen and oxygen atoms in total. The van der Waals surface area contributed by atoms with Gasteiger partial charge in [0.25, 0.3) is 0 Å². The van der Waals surface area contributed by atoms with Crippen molar-refractivity contribution in [3.05, 3.63) is 16.1 Å². The molecule has 0 aliphatic rings. The van der Waals surface area contributed by atoms with Gasteiger partial charge in [0.1, 0.15) is 5.01 Å². The van der Waals surface area contributed by atoms with E-state index in [1.807, 2.05) is 0 Å². The maximum Gasteiger partial charge on any atom is 0.107 e. The van der Waals surface area contributed by atoms with Crippen LogP contribution >= 0.6 is 33.9 Å². The summed E-state index contributed by atoms with van der Waals surface area (Å²) in [5, 5.41) is 6.87. The van der Waals surface area contributed by atoms with Crippen molar-refractivity contribution < 1.29 is 0 Å². The van der Waals surface area contributed by atoms with Crippen LogP contribution in [0.2, 0.25) is 0 Å². The summed E-state index contributed by atoms with van der Waals surface area (Å²) < 4.78 is 1.28. The molecular weight excluding hydrogens is 343 g/mol. The smallest absolute Gasteiger partial charge is 0.107 e. The van der Waals surface area contributed by atoms with Crippen molar-refractivity contribution in [1.29, 1.82) is 0 Å². The maximum absolute atomic E-state index is 4.67. The molecule has 0 aliphatic heterocycles. The van der Waals surface area contributed by atoms with Crippen LogP contribution in [0, 0.1) is 0 Å². The van der Waals surface area contributed by atoms with E-state index in [1.54, 1.807) is 11.3 Å². The lowest BCUT2D eigenvalue weighted by Crippen LogP contribution is -2.16. The van der Waals surface area contributed by atoms with Gasteiger partial charge in [-0.15, -0.1) is 11.3 Å². The zero-order valence-corrected chi connectivity index (χ0v) is 14.0. The van der Waals surface area contributed by atoms with E-state index in [9.17, 15) is 0 Å². The molecule has 1 N–H and O–H groups in total. The predicted molar refractivity (Wildman–Crippen MR) is 85.3 cm³/mol. The van der Waals surface area contributed by atoms with E-state index < -0.39 is 0 Å². The highest BCUT2D eigenvalue weighted by molar-refractivity contribution is 14.1. The lowest BCUT2D eigenvalue weighted by molar-refractivity contribution is 0.566.